The molecule has 66 heavy (non-hydrogen) atoms. The van der Waals surface area contributed by atoms with Crippen molar-refractivity contribution >= 4 is 45.9 Å². The zero-order chi connectivity index (χ0) is 46.0. The predicted molar refractivity (Wildman–Crippen MR) is 241 cm³/mol. The van der Waals surface area contributed by atoms with Crippen molar-refractivity contribution in [2.75, 3.05) is 56.1 Å². The molecular formula is C50H50F3N7O6. The quantitative estimate of drug-likeness (QED) is 0.0731. The van der Waals surface area contributed by atoms with Gasteiger partial charge in [0.2, 0.25) is 29.2 Å². The molecule has 4 aromatic carbocycles. The predicted octanol–water partition coefficient (Wildman–Crippen LogP) is 7.54. The largest absolute Gasteiger partial charge is 0.492 e. The van der Waals surface area contributed by atoms with Crippen molar-refractivity contribution in [2.45, 2.75) is 68.6 Å². The number of nitriles is 1. The van der Waals surface area contributed by atoms with Crippen molar-refractivity contribution in [1.29, 1.82) is 5.26 Å². The summed E-state index contributed by atoms with van der Waals surface area (Å²) in [6, 6.07) is 28.8. The van der Waals surface area contributed by atoms with Crippen LogP contribution >= 0.6 is 0 Å². The standard InChI is InChI=1S/C50H50F3N7O6/c51-50(52,53)49(66-44-7-2-1-5-37(44)43-27-38-33(29-54)4-3-6-41(38)56-43)18-23-60(24-19-49)48(64)40-28-46(62)57-42-14-12-35(26-39(40)42)65-25-20-55-30-31-16-21-59(22-17-31)34-10-8-32(9-11-34)36-13-15-45(61)58-47(36)63/h1-12,14,26-27,31,36,40,55-56H,13,15-25,28,30H2,(H,57,62)(H,58,61,63). The molecule has 0 aliphatic carbocycles. The van der Waals surface area contributed by atoms with E-state index in [-0.39, 0.29) is 48.9 Å². The molecule has 4 amide bonds. The molecule has 13 nitrogen and oxygen atoms in total. The number of alkyl halides is 3. The maximum Gasteiger partial charge on any atom is 0.428 e. The van der Waals surface area contributed by atoms with Crippen molar-refractivity contribution in [3.05, 3.63) is 108 Å². The van der Waals surface area contributed by atoms with E-state index in [1.165, 1.54) is 11.0 Å². The Morgan fingerprint density at radius 1 is 0.879 bits per heavy atom. The minimum Gasteiger partial charge on any atom is -0.492 e. The fraction of sp³-hybridized carbons (Fsp3) is 0.380. The van der Waals surface area contributed by atoms with Gasteiger partial charge in [-0.1, -0.05) is 30.3 Å². The summed E-state index contributed by atoms with van der Waals surface area (Å²) in [6.45, 7) is 3.14. The molecule has 4 aliphatic rings. The number of ether oxygens (including phenoxy) is 2. The second-order valence-electron chi connectivity index (χ2n) is 17.6. The minimum absolute atomic E-state index is 0.0233. The number of nitrogens with zero attached hydrogens (tertiary/aromatic N) is 3. The van der Waals surface area contributed by atoms with E-state index >= 15 is 13.2 Å². The molecule has 0 bridgehead atoms. The summed E-state index contributed by atoms with van der Waals surface area (Å²) in [5, 5.41) is 19.0. The highest BCUT2D eigenvalue weighted by atomic mass is 19.4. The number of aromatic nitrogens is 1. The van der Waals surface area contributed by atoms with Gasteiger partial charge in [0.05, 0.1) is 29.2 Å². The molecule has 342 valence electrons. The van der Waals surface area contributed by atoms with Gasteiger partial charge in [0.1, 0.15) is 18.1 Å². The van der Waals surface area contributed by atoms with Crippen LogP contribution in [0.25, 0.3) is 22.2 Å². The number of carbonyl (C=O) groups excluding carboxylic acids is 4. The molecule has 9 rings (SSSR count). The van der Waals surface area contributed by atoms with Crippen LogP contribution in [0, 0.1) is 17.2 Å². The Morgan fingerprint density at radius 2 is 1.65 bits per heavy atom. The molecular weight excluding hydrogens is 852 g/mol. The fourth-order valence-electron chi connectivity index (χ4n) is 9.76. The van der Waals surface area contributed by atoms with Crippen LogP contribution in [0.3, 0.4) is 0 Å². The molecule has 4 N–H and O–H groups in total. The zero-order valence-corrected chi connectivity index (χ0v) is 36.2. The summed E-state index contributed by atoms with van der Waals surface area (Å²) in [7, 11) is 0. The summed E-state index contributed by atoms with van der Waals surface area (Å²) in [5.41, 5.74) is 2.49. The van der Waals surface area contributed by atoms with Gasteiger partial charge in [-0.2, -0.15) is 18.4 Å². The molecule has 16 heteroatoms. The van der Waals surface area contributed by atoms with E-state index in [2.05, 4.69) is 44.0 Å². The van der Waals surface area contributed by atoms with E-state index in [9.17, 15) is 24.4 Å². The van der Waals surface area contributed by atoms with E-state index < -0.39 is 36.4 Å². The number of fused-ring (bicyclic) bond motifs is 2. The highest BCUT2D eigenvalue weighted by Gasteiger charge is 2.59. The molecule has 5 aromatic rings. The van der Waals surface area contributed by atoms with Crippen molar-refractivity contribution in [1.82, 2.24) is 20.5 Å². The topological polar surface area (TPSA) is 169 Å². The number of hydrogen-bond donors (Lipinski definition) is 4. The molecule has 2 unspecified atom stereocenters. The average molecular weight is 902 g/mol. The van der Waals surface area contributed by atoms with Gasteiger partial charge in [0, 0.05) is 86.2 Å². The number of para-hydroxylation sites is 1. The van der Waals surface area contributed by atoms with Crippen LogP contribution in [-0.4, -0.2) is 91.2 Å². The van der Waals surface area contributed by atoms with Crippen molar-refractivity contribution in [3.8, 4) is 28.8 Å². The van der Waals surface area contributed by atoms with Crippen molar-refractivity contribution in [2.24, 2.45) is 5.92 Å². The Labute approximate surface area is 379 Å². The van der Waals surface area contributed by atoms with Gasteiger partial charge in [-0.15, -0.1) is 0 Å². The number of rotatable bonds is 12. The van der Waals surface area contributed by atoms with Crippen LogP contribution in [0.15, 0.2) is 91.0 Å². The maximum absolute atomic E-state index is 15.1. The lowest BCUT2D eigenvalue weighted by molar-refractivity contribution is -0.260. The average Bonchev–Trinajstić information content (AvgIpc) is 3.76. The van der Waals surface area contributed by atoms with Gasteiger partial charge < -0.3 is 34.9 Å². The number of imide groups is 1. The molecule has 3 saturated heterocycles. The lowest BCUT2D eigenvalue weighted by Gasteiger charge is -2.43. The number of hydrogen-bond acceptors (Lipinski definition) is 9. The second kappa shape index (κ2) is 18.6. The number of aromatic amines is 1. The number of amides is 4. The lowest BCUT2D eigenvalue weighted by atomic mass is 9.86. The van der Waals surface area contributed by atoms with Gasteiger partial charge in [-0.3, -0.25) is 24.5 Å². The molecule has 5 heterocycles. The Bertz CT molecular complexity index is 2680. The highest BCUT2D eigenvalue weighted by molar-refractivity contribution is 6.02. The van der Waals surface area contributed by atoms with E-state index in [1.807, 2.05) is 12.1 Å². The van der Waals surface area contributed by atoms with Crippen LogP contribution in [-0.2, 0) is 19.2 Å². The zero-order valence-electron chi connectivity index (χ0n) is 36.2. The second-order valence-corrected chi connectivity index (χ2v) is 17.6. The first-order valence-electron chi connectivity index (χ1n) is 22.5. The number of anilines is 2. The number of piperidine rings is 3. The third-order valence-electron chi connectivity index (χ3n) is 13.5. The first-order chi connectivity index (χ1) is 31.9. The summed E-state index contributed by atoms with van der Waals surface area (Å²) < 4.78 is 57.3. The van der Waals surface area contributed by atoms with Crippen LogP contribution in [0.4, 0.5) is 24.5 Å². The first-order valence-corrected chi connectivity index (χ1v) is 22.5. The molecule has 1 aromatic heterocycles. The third kappa shape index (κ3) is 9.17. The van der Waals surface area contributed by atoms with Gasteiger partial charge >= 0.3 is 6.18 Å². The normalized spacial score (nSPS) is 20.0. The number of nitrogens with one attached hydrogen (secondary N) is 4. The van der Waals surface area contributed by atoms with Gasteiger partial charge in [0.15, 0.2) is 0 Å². The Kier molecular flexibility index (Phi) is 12.5. The summed E-state index contributed by atoms with van der Waals surface area (Å²) in [5.74, 6) is -1.40. The Balaban J connectivity index is 0.773. The van der Waals surface area contributed by atoms with E-state index in [0.29, 0.717) is 76.6 Å². The van der Waals surface area contributed by atoms with Gasteiger partial charge in [0.25, 0.3) is 0 Å². The number of carbonyl (C=O) groups is 4. The molecule has 0 saturated carbocycles. The monoisotopic (exact) mass is 901 g/mol. The summed E-state index contributed by atoms with van der Waals surface area (Å²) in [4.78, 5) is 57.7. The van der Waals surface area contributed by atoms with Crippen molar-refractivity contribution in [3.63, 3.8) is 0 Å². The SMILES string of the molecule is N#Cc1cccc2[nH]c(-c3ccccc3OC3(C(F)(F)F)CCN(C(=O)C4CC(=O)Nc5ccc(OCCNCC6CCN(c7ccc(C8CCC(=O)NC8=O)cc7)CC6)cc54)CC3)cc12. The third-order valence-corrected chi connectivity index (χ3v) is 13.5. The van der Waals surface area contributed by atoms with Crippen LogP contribution in [0.1, 0.15) is 73.5 Å². The summed E-state index contributed by atoms with van der Waals surface area (Å²) in [6.07, 6.45) is -3.02. The number of likely N-dealkylation sites (tertiary alicyclic amines) is 1. The molecule has 0 spiro atoms. The van der Waals surface area contributed by atoms with E-state index in [1.54, 1.807) is 60.7 Å². The molecule has 3 fully saturated rings. The first kappa shape index (κ1) is 44.3. The van der Waals surface area contributed by atoms with E-state index in [4.69, 9.17) is 9.47 Å². The molecule has 2 atom stereocenters. The highest BCUT2D eigenvalue weighted by Crippen LogP contribution is 2.46. The fourth-order valence-corrected chi connectivity index (χ4v) is 9.76. The van der Waals surface area contributed by atoms with Gasteiger partial charge in [-0.25, -0.2) is 0 Å². The minimum atomic E-state index is -4.77. The molecule has 0 radical (unpaired) electrons. The van der Waals surface area contributed by atoms with Gasteiger partial charge in [-0.05, 0) is 104 Å². The summed E-state index contributed by atoms with van der Waals surface area (Å²) >= 11 is 0. The Hall–Kier alpha value is -6.86. The van der Waals surface area contributed by atoms with E-state index in [0.717, 1.165) is 43.7 Å². The number of halogens is 3. The van der Waals surface area contributed by atoms with Crippen LogP contribution in [0.5, 0.6) is 11.5 Å². The maximum atomic E-state index is 15.1. The van der Waals surface area contributed by atoms with Crippen LogP contribution in [0.2, 0.25) is 0 Å². The smallest absolute Gasteiger partial charge is 0.428 e. The number of benzene rings is 4. The number of H-pyrrole nitrogens is 1. The van der Waals surface area contributed by atoms with Crippen molar-refractivity contribution < 1.29 is 41.8 Å². The molecule has 4 aliphatic heterocycles. The lowest BCUT2D eigenvalue weighted by Crippen LogP contribution is -2.58. The van der Waals surface area contributed by atoms with Crippen LogP contribution < -0.4 is 30.3 Å². The Morgan fingerprint density at radius 3 is 2.39 bits per heavy atom.